The van der Waals surface area contributed by atoms with Crippen molar-refractivity contribution in [1.82, 2.24) is 4.98 Å². The second-order valence-corrected chi connectivity index (χ2v) is 6.97. The topological polar surface area (TPSA) is 24.9 Å². The summed E-state index contributed by atoms with van der Waals surface area (Å²) in [7, 11) is 0. The summed E-state index contributed by atoms with van der Waals surface area (Å²) in [4.78, 5) is 4.64. The predicted molar refractivity (Wildman–Crippen MR) is 88.0 cm³/mol. The van der Waals surface area contributed by atoms with E-state index in [4.69, 9.17) is 0 Å². The van der Waals surface area contributed by atoms with Gasteiger partial charge in [0, 0.05) is 5.69 Å². The van der Waals surface area contributed by atoms with Crippen LogP contribution in [-0.2, 0) is 5.41 Å². The zero-order valence-electron chi connectivity index (χ0n) is 12.0. The molecule has 20 heavy (non-hydrogen) atoms. The summed E-state index contributed by atoms with van der Waals surface area (Å²) in [6.45, 7) is 6.70. The Morgan fingerprint density at radius 1 is 1.00 bits per heavy atom. The van der Waals surface area contributed by atoms with E-state index < -0.39 is 0 Å². The Morgan fingerprint density at radius 3 is 2.45 bits per heavy atom. The first kappa shape index (κ1) is 13.1. The molecule has 1 heterocycles. The molecule has 3 heteroatoms. The second kappa shape index (κ2) is 4.91. The van der Waals surface area contributed by atoms with Crippen LogP contribution in [0.2, 0.25) is 0 Å². The number of fused-ring (bicyclic) bond motifs is 1. The van der Waals surface area contributed by atoms with Gasteiger partial charge in [0.15, 0.2) is 5.13 Å². The van der Waals surface area contributed by atoms with Crippen molar-refractivity contribution < 1.29 is 0 Å². The van der Waals surface area contributed by atoms with Crippen LogP contribution in [0.1, 0.15) is 26.3 Å². The largest absolute Gasteiger partial charge is 0.332 e. The Labute approximate surface area is 123 Å². The van der Waals surface area contributed by atoms with E-state index in [1.165, 1.54) is 10.3 Å². The molecule has 1 N–H and O–H groups in total. The van der Waals surface area contributed by atoms with Crippen molar-refractivity contribution in [2.24, 2.45) is 0 Å². The van der Waals surface area contributed by atoms with Crippen LogP contribution in [0.4, 0.5) is 10.8 Å². The van der Waals surface area contributed by atoms with E-state index in [0.717, 1.165) is 16.3 Å². The molecule has 0 aliphatic heterocycles. The first-order chi connectivity index (χ1) is 9.52. The van der Waals surface area contributed by atoms with Crippen LogP contribution in [0.15, 0.2) is 48.5 Å². The summed E-state index contributed by atoms with van der Waals surface area (Å²) in [6, 6.07) is 16.7. The van der Waals surface area contributed by atoms with Crippen LogP contribution in [0.5, 0.6) is 0 Å². The molecule has 0 atom stereocenters. The van der Waals surface area contributed by atoms with Crippen LogP contribution in [0.25, 0.3) is 10.2 Å². The number of para-hydroxylation sites is 1. The highest BCUT2D eigenvalue weighted by molar-refractivity contribution is 7.22. The number of anilines is 2. The Bertz CT molecular complexity index is 724. The van der Waals surface area contributed by atoms with Crippen molar-refractivity contribution in [2.45, 2.75) is 26.2 Å². The standard InChI is InChI=1S/C17H18N2S/c1-17(2,3)12-9-10-14-15(11-12)20-16(19-14)18-13-7-5-4-6-8-13/h4-11H,1-3H3,(H,18,19). The van der Waals surface area contributed by atoms with Gasteiger partial charge in [-0.25, -0.2) is 4.98 Å². The molecule has 0 bridgehead atoms. The van der Waals surface area contributed by atoms with E-state index in [1.807, 2.05) is 30.3 Å². The van der Waals surface area contributed by atoms with Gasteiger partial charge in [0.1, 0.15) is 0 Å². The fraction of sp³-hybridized carbons (Fsp3) is 0.235. The van der Waals surface area contributed by atoms with Gasteiger partial charge in [0.05, 0.1) is 10.2 Å². The first-order valence-corrected chi connectivity index (χ1v) is 7.57. The Hall–Kier alpha value is -1.87. The number of aromatic nitrogens is 1. The molecule has 3 aromatic rings. The molecule has 1 aromatic heterocycles. The maximum Gasteiger partial charge on any atom is 0.188 e. The number of nitrogens with zero attached hydrogens (tertiary/aromatic N) is 1. The summed E-state index contributed by atoms with van der Waals surface area (Å²) in [5.74, 6) is 0. The van der Waals surface area contributed by atoms with Crippen molar-refractivity contribution in [2.75, 3.05) is 5.32 Å². The quantitative estimate of drug-likeness (QED) is 0.686. The Morgan fingerprint density at radius 2 is 1.75 bits per heavy atom. The van der Waals surface area contributed by atoms with Crippen LogP contribution >= 0.6 is 11.3 Å². The van der Waals surface area contributed by atoms with Gasteiger partial charge in [-0.1, -0.05) is 56.4 Å². The van der Waals surface area contributed by atoms with Gasteiger partial charge in [-0.3, -0.25) is 0 Å². The van der Waals surface area contributed by atoms with Gasteiger partial charge in [0.2, 0.25) is 0 Å². The molecular formula is C17H18N2S. The average molecular weight is 282 g/mol. The van der Waals surface area contributed by atoms with E-state index >= 15 is 0 Å². The lowest BCUT2D eigenvalue weighted by atomic mass is 9.87. The fourth-order valence-corrected chi connectivity index (χ4v) is 3.01. The normalized spacial score (nSPS) is 11.8. The van der Waals surface area contributed by atoms with Gasteiger partial charge in [-0.05, 0) is 35.2 Å². The summed E-state index contributed by atoms with van der Waals surface area (Å²) in [6.07, 6.45) is 0. The second-order valence-electron chi connectivity index (χ2n) is 5.94. The third-order valence-electron chi connectivity index (χ3n) is 3.28. The van der Waals surface area contributed by atoms with Crippen molar-refractivity contribution >= 4 is 32.4 Å². The van der Waals surface area contributed by atoms with Crippen LogP contribution < -0.4 is 5.32 Å². The number of hydrogen-bond donors (Lipinski definition) is 1. The van der Waals surface area contributed by atoms with Gasteiger partial charge < -0.3 is 5.32 Å². The Kier molecular flexibility index (Phi) is 3.22. The highest BCUT2D eigenvalue weighted by atomic mass is 32.1. The maximum atomic E-state index is 4.64. The zero-order chi connectivity index (χ0) is 14.2. The molecule has 0 saturated carbocycles. The van der Waals surface area contributed by atoms with E-state index in [0.29, 0.717) is 0 Å². The van der Waals surface area contributed by atoms with E-state index in [2.05, 4.69) is 49.3 Å². The molecule has 0 amide bonds. The zero-order valence-corrected chi connectivity index (χ0v) is 12.8. The van der Waals surface area contributed by atoms with Crippen molar-refractivity contribution in [3.8, 4) is 0 Å². The predicted octanol–water partition coefficient (Wildman–Crippen LogP) is 5.34. The summed E-state index contributed by atoms with van der Waals surface area (Å²) < 4.78 is 1.23. The number of hydrogen-bond acceptors (Lipinski definition) is 3. The number of benzene rings is 2. The van der Waals surface area contributed by atoms with Crippen molar-refractivity contribution in [3.05, 3.63) is 54.1 Å². The molecule has 0 radical (unpaired) electrons. The molecule has 0 fully saturated rings. The summed E-state index contributed by atoms with van der Waals surface area (Å²) in [5, 5.41) is 4.30. The lowest BCUT2D eigenvalue weighted by Crippen LogP contribution is -2.10. The molecule has 0 saturated heterocycles. The van der Waals surface area contributed by atoms with Crippen LogP contribution in [0, 0.1) is 0 Å². The molecule has 102 valence electrons. The number of nitrogens with one attached hydrogen (secondary N) is 1. The highest BCUT2D eigenvalue weighted by Crippen LogP contribution is 2.32. The minimum atomic E-state index is 0.172. The summed E-state index contributed by atoms with van der Waals surface area (Å²) >= 11 is 1.70. The van der Waals surface area contributed by atoms with Crippen LogP contribution in [0.3, 0.4) is 0 Å². The lowest BCUT2D eigenvalue weighted by Gasteiger charge is -2.18. The van der Waals surface area contributed by atoms with Crippen LogP contribution in [-0.4, -0.2) is 4.98 Å². The third kappa shape index (κ3) is 2.68. The number of thiazole rings is 1. The van der Waals surface area contributed by atoms with E-state index in [1.54, 1.807) is 11.3 Å². The molecule has 0 aliphatic carbocycles. The molecule has 0 aliphatic rings. The number of rotatable bonds is 2. The van der Waals surface area contributed by atoms with Gasteiger partial charge >= 0.3 is 0 Å². The fourth-order valence-electron chi connectivity index (χ4n) is 2.09. The Balaban J connectivity index is 1.95. The molecule has 2 nitrogen and oxygen atoms in total. The van der Waals surface area contributed by atoms with E-state index in [-0.39, 0.29) is 5.41 Å². The SMILES string of the molecule is CC(C)(C)c1ccc2nc(Nc3ccccc3)sc2c1. The monoisotopic (exact) mass is 282 g/mol. The molecule has 2 aromatic carbocycles. The molecule has 0 unspecified atom stereocenters. The lowest BCUT2D eigenvalue weighted by molar-refractivity contribution is 0.591. The smallest absolute Gasteiger partial charge is 0.188 e. The first-order valence-electron chi connectivity index (χ1n) is 6.75. The van der Waals surface area contributed by atoms with Gasteiger partial charge in [0.25, 0.3) is 0 Å². The minimum absolute atomic E-state index is 0.172. The van der Waals surface area contributed by atoms with Crippen molar-refractivity contribution in [1.29, 1.82) is 0 Å². The van der Waals surface area contributed by atoms with E-state index in [9.17, 15) is 0 Å². The summed E-state index contributed by atoms with van der Waals surface area (Å²) in [5.41, 5.74) is 3.65. The van der Waals surface area contributed by atoms with Gasteiger partial charge in [-0.15, -0.1) is 0 Å². The minimum Gasteiger partial charge on any atom is -0.332 e. The van der Waals surface area contributed by atoms with Crippen molar-refractivity contribution in [3.63, 3.8) is 0 Å². The average Bonchev–Trinajstić information content (AvgIpc) is 2.80. The highest BCUT2D eigenvalue weighted by Gasteiger charge is 2.15. The molecular weight excluding hydrogens is 264 g/mol. The molecule has 0 spiro atoms. The maximum absolute atomic E-state index is 4.64. The van der Waals surface area contributed by atoms with Gasteiger partial charge in [-0.2, -0.15) is 0 Å². The third-order valence-corrected chi connectivity index (χ3v) is 4.21. The molecule has 3 rings (SSSR count).